The van der Waals surface area contributed by atoms with Gasteiger partial charge in [0.05, 0.1) is 7.11 Å². The first-order valence-electron chi connectivity index (χ1n) is 6.79. The number of aryl methyl sites for hydroxylation is 1. The van der Waals surface area contributed by atoms with E-state index in [9.17, 15) is 13.2 Å². The van der Waals surface area contributed by atoms with E-state index in [0.717, 1.165) is 30.7 Å². The van der Waals surface area contributed by atoms with Gasteiger partial charge in [-0.2, -0.15) is 0 Å². The summed E-state index contributed by atoms with van der Waals surface area (Å²) in [5.41, 5.74) is 0.560. The summed E-state index contributed by atoms with van der Waals surface area (Å²) in [5, 5.41) is 4.90. The van der Waals surface area contributed by atoms with Crippen molar-refractivity contribution in [2.24, 2.45) is 0 Å². The molecule has 0 aromatic carbocycles. The van der Waals surface area contributed by atoms with Gasteiger partial charge in [-0.25, -0.2) is 17.9 Å². The number of carbonyl (C=O) groups is 1. The highest BCUT2D eigenvalue weighted by molar-refractivity contribution is 7.89. The van der Waals surface area contributed by atoms with Crippen LogP contribution in [0.1, 0.15) is 35.0 Å². The van der Waals surface area contributed by atoms with E-state index in [4.69, 9.17) is 0 Å². The number of piperidine rings is 1. The van der Waals surface area contributed by atoms with E-state index in [1.165, 1.54) is 7.11 Å². The van der Waals surface area contributed by atoms with Crippen molar-refractivity contribution in [3.05, 3.63) is 15.8 Å². The minimum absolute atomic E-state index is 0.0390. The smallest absolute Gasteiger partial charge is 0.349 e. The minimum Gasteiger partial charge on any atom is -0.465 e. The third-order valence-electron chi connectivity index (χ3n) is 3.63. The van der Waals surface area contributed by atoms with Crippen LogP contribution in [0.5, 0.6) is 0 Å². The number of sulfonamides is 1. The fraction of sp³-hybridized carbons (Fsp3) is 0.615. The summed E-state index contributed by atoms with van der Waals surface area (Å²) < 4.78 is 32.6. The van der Waals surface area contributed by atoms with Crippen molar-refractivity contribution in [1.82, 2.24) is 10.0 Å². The maximum atomic E-state index is 12.6. The molecule has 1 saturated heterocycles. The lowest BCUT2D eigenvalue weighted by Crippen LogP contribution is -2.51. The third kappa shape index (κ3) is 3.45. The van der Waals surface area contributed by atoms with Crippen molar-refractivity contribution >= 4 is 27.3 Å². The first kappa shape index (κ1) is 16.4. The van der Waals surface area contributed by atoms with Crippen molar-refractivity contribution in [1.29, 1.82) is 0 Å². The van der Waals surface area contributed by atoms with Crippen LogP contribution >= 0.6 is 11.3 Å². The van der Waals surface area contributed by atoms with Crippen LogP contribution in [0.2, 0.25) is 0 Å². The zero-order chi connectivity index (χ0) is 15.6. The van der Waals surface area contributed by atoms with Crippen LogP contribution in [0.15, 0.2) is 10.3 Å². The largest absolute Gasteiger partial charge is 0.465 e. The number of esters is 1. The molecule has 2 rings (SSSR count). The molecule has 0 spiro atoms. The molecule has 0 saturated carbocycles. The Morgan fingerprint density at radius 2 is 2.24 bits per heavy atom. The van der Waals surface area contributed by atoms with E-state index >= 15 is 0 Å². The zero-order valence-electron chi connectivity index (χ0n) is 12.3. The van der Waals surface area contributed by atoms with Gasteiger partial charge in [0.25, 0.3) is 0 Å². The lowest BCUT2D eigenvalue weighted by molar-refractivity contribution is 0.0602. The van der Waals surface area contributed by atoms with Gasteiger partial charge in [-0.1, -0.05) is 0 Å². The summed E-state index contributed by atoms with van der Waals surface area (Å²) in [6.45, 7) is 4.53. The normalized spacial score (nSPS) is 23.0. The summed E-state index contributed by atoms with van der Waals surface area (Å²) >= 11 is 1.09. The van der Waals surface area contributed by atoms with Crippen LogP contribution in [0.3, 0.4) is 0 Å². The van der Waals surface area contributed by atoms with Gasteiger partial charge < -0.3 is 10.1 Å². The molecule has 6 nitrogen and oxygen atoms in total. The van der Waals surface area contributed by atoms with Crippen LogP contribution in [0, 0.1) is 6.92 Å². The lowest BCUT2D eigenvalue weighted by Gasteiger charge is -2.30. The summed E-state index contributed by atoms with van der Waals surface area (Å²) in [5.74, 6) is -0.622. The van der Waals surface area contributed by atoms with Crippen LogP contribution in [0.4, 0.5) is 0 Å². The average molecular weight is 332 g/mol. The summed E-state index contributed by atoms with van der Waals surface area (Å²) in [4.78, 5) is 11.9. The first-order chi connectivity index (χ1) is 9.86. The Kier molecular flexibility index (Phi) is 5.03. The molecule has 0 bridgehead atoms. The van der Waals surface area contributed by atoms with Crippen molar-refractivity contribution in [2.75, 3.05) is 13.7 Å². The van der Waals surface area contributed by atoms with E-state index in [2.05, 4.69) is 14.8 Å². The van der Waals surface area contributed by atoms with Crippen LogP contribution in [-0.2, 0) is 14.8 Å². The number of nitrogens with one attached hydrogen (secondary N) is 2. The molecule has 118 valence electrons. The maximum absolute atomic E-state index is 12.6. The maximum Gasteiger partial charge on any atom is 0.349 e. The van der Waals surface area contributed by atoms with Gasteiger partial charge in [0.1, 0.15) is 9.77 Å². The number of rotatable bonds is 4. The van der Waals surface area contributed by atoms with Crippen molar-refractivity contribution in [3.63, 3.8) is 0 Å². The van der Waals surface area contributed by atoms with Crippen molar-refractivity contribution in [2.45, 2.75) is 43.7 Å². The highest BCUT2D eigenvalue weighted by atomic mass is 32.2. The second kappa shape index (κ2) is 6.43. The molecule has 0 radical (unpaired) electrons. The summed E-state index contributed by atoms with van der Waals surface area (Å²) in [6.07, 6.45) is 1.70. The molecule has 1 aromatic heterocycles. The molecule has 2 N–H and O–H groups in total. The fourth-order valence-electron chi connectivity index (χ4n) is 2.46. The van der Waals surface area contributed by atoms with Crippen LogP contribution in [0.25, 0.3) is 0 Å². The second-order valence-electron chi connectivity index (χ2n) is 5.18. The Morgan fingerprint density at radius 3 is 2.86 bits per heavy atom. The Bertz CT molecular complexity index is 624. The highest BCUT2D eigenvalue weighted by Crippen LogP contribution is 2.28. The molecular formula is C13H20N2O4S2. The molecule has 1 aliphatic rings. The van der Waals surface area contributed by atoms with Gasteiger partial charge in [0.2, 0.25) is 10.0 Å². The van der Waals surface area contributed by atoms with Gasteiger partial charge in [-0.15, -0.1) is 11.3 Å². The predicted octanol–water partition coefficient (Wildman–Crippen LogP) is 1.26. The Labute approximate surface area is 128 Å². The van der Waals surface area contributed by atoms with Gasteiger partial charge in [-0.05, 0) is 44.2 Å². The third-order valence-corrected chi connectivity index (χ3v) is 6.51. The molecule has 0 aliphatic carbocycles. The molecule has 1 aliphatic heterocycles. The number of thiophene rings is 1. The zero-order valence-corrected chi connectivity index (χ0v) is 13.9. The number of ether oxygens (including phenoxy) is 1. The number of methoxy groups -OCH3 is 1. The van der Waals surface area contributed by atoms with E-state index in [0.29, 0.717) is 5.56 Å². The van der Waals surface area contributed by atoms with E-state index in [-0.39, 0.29) is 21.9 Å². The topological polar surface area (TPSA) is 84.5 Å². The fourth-order valence-corrected chi connectivity index (χ4v) is 5.52. The number of hydrogen-bond donors (Lipinski definition) is 2. The Hall–Kier alpha value is -0.960. The van der Waals surface area contributed by atoms with Gasteiger partial charge in [-0.3, -0.25) is 0 Å². The number of hydrogen-bond acceptors (Lipinski definition) is 6. The molecule has 2 heterocycles. The molecular weight excluding hydrogens is 312 g/mol. The molecule has 0 amide bonds. The standard InChI is InChI=1S/C13H20N2O4S2/c1-8-7-20-11(13(16)19-3)12(8)21(17,18)15-10-5-4-6-14-9(10)2/h7,9-10,14-15H,4-6H2,1-3H3. The molecule has 2 unspecified atom stereocenters. The van der Waals surface area contributed by atoms with Crippen LogP contribution in [-0.4, -0.2) is 40.1 Å². The van der Waals surface area contributed by atoms with Crippen molar-refractivity contribution < 1.29 is 17.9 Å². The minimum atomic E-state index is -3.75. The van der Waals surface area contributed by atoms with E-state index in [1.54, 1.807) is 12.3 Å². The van der Waals surface area contributed by atoms with Crippen molar-refractivity contribution in [3.8, 4) is 0 Å². The van der Waals surface area contributed by atoms with Gasteiger partial charge >= 0.3 is 5.97 Å². The van der Waals surface area contributed by atoms with E-state index < -0.39 is 16.0 Å². The second-order valence-corrected chi connectivity index (χ2v) is 7.71. The van der Waals surface area contributed by atoms with Gasteiger partial charge in [0, 0.05) is 12.1 Å². The average Bonchev–Trinajstić information content (AvgIpc) is 2.83. The Morgan fingerprint density at radius 1 is 1.52 bits per heavy atom. The predicted molar refractivity (Wildman–Crippen MR) is 81.2 cm³/mol. The molecule has 2 atom stereocenters. The monoisotopic (exact) mass is 332 g/mol. The Balaban J connectivity index is 2.31. The SMILES string of the molecule is COC(=O)c1scc(C)c1S(=O)(=O)NC1CCCNC1C. The number of carbonyl (C=O) groups excluding carboxylic acids is 1. The highest BCUT2D eigenvalue weighted by Gasteiger charge is 2.31. The molecule has 21 heavy (non-hydrogen) atoms. The van der Waals surface area contributed by atoms with E-state index in [1.807, 2.05) is 6.92 Å². The van der Waals surface area contributed by atoms with Crippen LogP contribution < -0.4 is 10.0 Å². The lowest BCUT2D eigenvalue weighted by atomic mass is 10.0. The summed E-state index contributed by atoms with van der Waals surface area (Å²) in [7, 11) is -2.50. The quantitative estimate of drug-likeness (QED) is 0.811. The molecule has 8 heteroatoms. The first-order valence-corrected chi connectivity index (χ1v) is 9.15. The molecule has 1 fully saturated rings. The summed E-state index contributed by atoms with van der Waals surface area (Å²) in [6, 6.07) is -0.109. The van der Waals surface area contributed by atoms with Gasteiger partial charge in [0.15, 0.2) is 0 Å². The molecule has 1 aromatic rings.